The SMILES string of the molecule is COc1ccc(F)cc1[C@H](Cn1c(=O)n(C(C)(C)C(=O)O)c(=O)c2cc(Br)ccc21)OC1CCCCC1.COc1ccc(F)cc1[C@H](Cn1c(=O)n(C(C)(C)C(N)=O)c(=O)c2cc(-c3ncco3)ccc21)OC1CCCCC1. The number of halogens is 3. The topological polar surface area (TPSA) is 231 Å². The lowest BCUT2D eigenvalue weighted by Gasteiger charge is -2.30. The second-order valence-electron chi connectivity index (χ2n) is 20.6. The van der Waals surface area contributed by atoms with Crippen molar-refractivity contribution in [3.8, 4) is 23.0 Å². The summed E-state index contributed by atoms with van der Waals surface area (Å²) in [5, 5.41) is 10.2. The van der Waals surface area contributed by atoms with Crippen molar-refractivity contribution >= 4 is 49.6 Å². The number of oxazole rings is 1. The Morgan fingerprint density at radius 3 is 1.59 bits per heavy atom. The van der Waals surface area contributed by atoms with Gasteiger partial charge >= 0.3 is 17.3 Å². The summed E-state index contributed by atoms with van der Waals surface area (Å²) in [6, 6.07) is 18.0. The maximum absolute atomic E-state index is 14.5. The molecule has 0 aliphatic heterocycles. The van der Waals surface area contributed by atoms with Crippen LogP contribution in [-0.4, -0.2) is 66.7 Å². The Hall–Kier alpha value is -7.23. The number of fused-ring (bicyclic) bond motifs is 2. The van der Waals surface area contributed by atoms with Crippen molar-refractivity contribution in [3.05, 3.63) is 154 Å². The molecule has 2 aliphatic carbocycles. The van der Waals surface area contributed by atoms with E-state index in [2.05, 4.69) is 20.9 Å². The molecule has 414 valence electrons. The van der Waals surface area contributed by atoms with Crippen molar-refractivity contribution in [2.45, 2.75) is 140 Å². The van der Waals surface area contributed by atoms with Gasteiger partial charge in [-0.1, -0.05) is 54.5 Å². The summed E-state index contributed by atoms with van der Waals surface area (Å²) in [5.41, 5.74) is 1.25. The highest BCUT2D eigenvalue weighted by atomic mass is 79.9. The van der Waals surface area contributed by atoms with Gasteiger partial charge in [-0.3, -0.25) is 23.5 Å². The zero-order valence-electron chi connectivity index (χ0n) is 44.3. The minimum Gasteiger partial charge on any atom is -0.496 e. The van der Waals surface area contributed by atoms with Gasteiger partial charge in [-0.2, -0.15) is 0 Å². The molecule has 0 unspecified atom stereocenters. The molecular formula is C57H63BrF2N6O12. The smallest absolute Gasteiger partial charge is 0.332 e. The molecule has 78 heavy (non-hydrogen) atoms. The zero-order valence-corrected chi connectivity index (χ0v) is 45.8. The molecule has 7 aromatic rings. The Bertz CT molecular complexity index is 3600. The molecule has 2 saturated carbocycles. The largest absolute Gasteiger partial charge is 0.496 e. The van der Waals surface area contributed by atoms with E-state index in [1.165, 1.54) is 99.9 Å². The van der Waals surface area contributed by atoms with Crippen LogP contribution in [0.3, 0.4) is 0 Å². The van der Waals surface area contributed by atoms with Crippen LogP contribution in [-0.2, 0) is 43.2 Å². The molecule has 18 nitrogen and oxygen atoms in total. The van der Waals surface area contributed by atoms with Gasteiger partial charge in [0.15, 0.2) is 0 Å². The van der Waals surface area contributed by atoms with Crippen molar-refractivity contribution in [2.24, 2.45) is 5.73 Å². The second kappa shape index (κ2) is 23.8. The Kier molecular flexibility index (Phi) is 17.4. The van der Waals surface area contributed by atoms with Gasteiger partial charge in [-0.15, -0.1) is 0 Å². The Labute approximate surface area is 455 Å². The molecular weight excluding hydrogens is 1080 g/mol. The number of carbonyl (C=O) groups excluding carboxylic acids is 1. The number of hydrogen-bond donors (Lipinski definition) is 2. The minimum atomic E-state index is -1.82. The molecule has 3 aromatic heterocycles. The monoisotopic (exact) mass is 1140 g/mol. The first-order chi connectivity index (χ1) is 37.2. The number of carbonyl (C=O) groups is 2. The molecule has 4 aromatic carbocycles. The minimum absolute atomic E-state index is 0.0801. The quantitative estimate of drug-likeness (QED) is 0.0867. The third-order valence-corrected chi connectivity index (χ3v) is 15.3. The van der Waals surface area contributed by atoms with Gasteiger partial charge in [0.2, 0.25) is 11.8 Å². The van der Waals surface area contributed by atoms with Crippen LogP contribution in [0.5, 0.6) is 11.5 Å². The van der Waals surface area contributed by atoms with Gasteiger partial charge in [-0.05, 0) is 126 Å². The average Bonchev–Trinajstić information content (AvgIpc) is 3.96. The van der Waals surface area contributed by atoms with E-state index in [0.29, 0.717) is 43.7 Å². The summed E-state index contributed by atoms with van der Waals surface area (Å²) in [7, 11) is 2.96. The fourth-order valence-electron chi connectivity index (χ4n) is 10.3. The van der Waals surface area contributed by atoms with Crippen LogP contribution in [0.25, 0.3) is 33.3 Å². The molecule has 0 radical (unpaired) electrons. The lowest BCUT2D eigenvalue weighted by Crippen LogP contribution is -2.54. The van der Waals surface area contributed by atoms with Gasteiger partial charge in [0.25, 0.3) is 11.1 Å². The number of hydrogen-bond acceptors (Lipinski definition) is 12. The zero-order chi connectivity index (χ0) is 56.2. The highest BCUT2D eigenvalue weighted by molar-refractivity contribution is 9.10. The summed E-state index contributed by atoms with van der Waals surface area (Å²) < 4.78 is 63.4. The number of carboxylic acids is 1. The van der Waals surface area contributed by atoms with E-state index in [1.54, 1.807) is 36.4 Å². The predicted octanol–water partition coefficient (Wildman–Crippen LogP) is 9.26. The molecule has 0 bridgehead atoms. The summed E-state index contributed by atoms with van der Waals surface area (Å²) >= 11 is 3.36. The van der Waals surface area contributed by atoms with Crippen LogP contribution in [0.2, 0.25) is 0 Å². The number of benzene rings is 4. The Morgan fingerprint density at radius 2 is 1.15 bits per heavy atom. The van der Waals surface area contributed by atoms with Crippen molar-refractivity contribution in [1.82, 2.24) is 23.3 Å². The third kappa shape index (κ3) is 11.8. The van der Waals surface area contributed by atoms with Gasteiger partial charge in [0.05, 0.1) is 67.5 Å². The maximum Gasteiger partial charge on any atom is 0.332 e. The second-order valence-corrected chi connectivity index (χ2v) is 21.5. The predicted molar refractivity (Wildman–Crippen MR) is 291 cm³/mol. The van der Waals surface area contributed by atoms with Gasteiger partial charge < -0.3 is 34.2 Å². The van der Waals surface area contributed by atoms with Crippen LogP contribution >= 0.6 is 15.9 Å². The summed E-state index contributed by atoms with van der Waals surface area (Å²) in [6.07, 6.45) is 10.7. The number of aromatic nitrogens is 5. The van der Waals surface area contributed by atoms with E-state index in [9.17, 15) is 42.7 Å². The molecule has 1 amide bonds. The molecule has 2 aliphatic rings. The molecule has 2 fully saturated rings. The van der Waals surface area contributed by atoms with Gasteiger partial charge in [-0.25, -0.2) is 37.3 Å². The van der Waals surface area contributed by atoms with Crippen LogP contribution < -0.4 is 37.7 Å². The molecule has 3 heterocycles. The van der Waals surface area contributed by atoms with E-state index in [-0.39, 0.29) is 42.0 Å². The maximum atomic E-state index is 14.5. The van der Waals surface area contributed by atoms with Crippen LogP contribution in [0.4, 0.5) is 8.78 Å². The number of rotatable bonds is 17. The fraction of sp³-hybridized carbons (Fsp3) is 0.421. The van der Waals surface area contributed by atoms with Crippen LogP contribution in [0.15, 0.2) is 113 Å². The van der Waals surface area contributed by atoms with Crippen molar-refractivity contribution in [3.63, 3.8) is 0 Å². The van der Waals surface area contributed by atoms with E-state index in [1.807, 2.05) is 0 Å². The first-order valence-corrected chi connectivity index (χ1v) is 26.6. The molecule has 9 rings (SSSR count). The molecule has 3 N–H and O–H groups in total. The van der Waals surface area contributed by atoms with Crippen molar-refractivity contribution in [1.29, 1.82) is 0 Å². The number of nitrogens with zero attached hydrogens (tertiary/aromatic N) is 5. The van der Waals surface area contributed by atoms with Crippen molar-refractivity contribution < 1.29 is 46.8 Å². The number of amides is 1. The molecule has 2 atom stereocenters. The van der Waals surface area contributed by atoms with Crippen LogP contribution in [0, 0.1) is 11.6 Å². The highest BCUT2D eigenvalue weighted by Crippen LogP contribution is 2.37. The fourth-order valence-corrected chi connectivity index (χ4v) is 10.7. The normalized spacial score (nSPS) is 15.4. The number of methoxy groups -OCH3 is 2. The summed E-state index contributed by atoms with van der Waals surface area (Å²) in [5.74, 6) is -2.05. The molecule has 0 spiro atoms. The number of ether oxygens (including phenoxy) is 4. The lowest BCUT2D eigenvalue weighted by atomic mass is 9.97. The van der Waals surface area contributed by atoms with E-state index >= 15 is 0 Å². The third-order valence-electron chi connectivity index (χ3n) is 14.8. The number of nitrogens with two attached hydrogens (primary N) is 1. The van der Waals surface area contributed by atoms with E-state index in [4.69, 9.17) is 29.1 Å². The number of aliphatic carboxylic acids is 1. The lowest BCUT2D eigenvalue weighted by molar-refractivity contribution is -0.146. The highest BCUT2D eigenvalue weighted by Gasteiger charge is 2.37. The van der Waals surface area contributed by atoms with E-state index in [0.717, 1.165) is 73.3 Å². The Balaban J connectivity index is 0.000000207. The number of primary amides is 1. The van der Waals surface area contributed by atoms with Crippen LogP contribution in [0.1, 0.15) is 115 Å². The molecule has 0 saturated heterocycles. The first-order valence-electron chi connectivity index (χ1n) is 25.8. The summed E-state index contributed by atoms with van der Waals surface area (Å²) in [4.78, 5) is 83.7. The first kappa shape index (κ1) is 57.0. The Morgan fingerprint density at radius 1 is 0.692 bits per heavy atom. The average molecular weight is 1140 g/mol. The van der Waals surface area contributed by atoms with Gasteiger partial charge in [0.1, 0.15) is 52.7 Å². The molecule has 21 heteroatoms. The van der Waals surface area contributed by atoms with Gasteiger partial charge in [0, 0.05) is 21.2 Å². The number of carboxylic acid groups (broad SMARTS) is 1. The van der Waals surface area contributed by atoms with Crippen molar-refractivity contribution in [2.75, 3.05) is 14.2 Å². The van der Waals surface area contributed by atoms with E-state index < -0.39 is 69.3 Å². The summed E-state index contributed by atoms with van der Waals surface area (Å²) in [6.45, 7) is 5.27. The standard InChI is InChI=1S/C30H33FN4O6.C27H30BrFN2O6/c1-30(2,28(32)37)35-27(36)21-15-18(26-33-13-14-40-26)9-11-23(21)34(29(35)38)17-25(41-20-7-5-4-6-8-20)22-16-19(31)10-12-24(22)39-3;1-27(2,25(33)34)31-24(32)19-13-16(28)9-11-21(19)30(26(31)35)15-23(37-18-7-5-4-6-8-18)20-14-17(29)10-12-22(20)36-3/h9-16,20,25H,4-8,17H2,1-3H3,(H2,32,37);9-14,18,23H,4-8,15H2,1-3H3,(H,33,34)/t25-;23-/m00/s1.